The summed E-state index contributed by atoms with van der Waals surface area (Å²) < 4.78 is 32.7. The van der Waals surface area contributed by atoms with Crippen molar-refractivity contribution in [2.75, 3.05) is 6.35 Å². The van der Waals surface area contributed by atoms with E-state index in [1.165, 1.54) is 18.4 Å². The molecular weight excluding hydrogens is 429 g/mol. The fraction of sp³-hybridized carbons (Fsp3) is 0.292. The molecule has 3 aromatic rings. The number of ether oxygens (including phenoxy) is 1. The topological polar surface area (TPSA) is 57.7 Å². The Morgan fingerprint density at radius 2 is 1.65 bits per heavy atom. The number of rotatable bonds is 7. The van der Waals surface area contributed by atoms with Crippen molar-refractivity contribution in [3.8, 4) is 11.5 Å². The molecule has 2 aliphatic carbocycles. The molecule has 1 saturated carbocycles. The van der Waals surface area contributed by atoms with Crippen molar-refractivity contribution in [2.45, 2.75) is 32.1 Å². The Kier molecular flexibility index (Phi) is 5.84. The van der Waals surface area contributed by atoms with Crippen LogP contribution in [0.4, 0.5) is 0 Å². The summed E-state index contributed by atoms with van der Waals surface area (Å²) >= 11 is 1.58. The molecule has 160 valence electrons. The molecular formula is C24H24NO4PS. The third-order valence-corrected chi connectivity index (χ3v) is 7.96. The zero-order chi connectivity index (χ0) is 21.1. The largest absolute Gasteiger partial charge is 0.481 e. The van der Waals surface area contributed by atoms with Crippen LogP contribution in [0, 0.1) is 5.92 Å². The number of hydrogen-bond donors (Lipinski definition) is 0. The van der Waals surface area contributed by atoms with Crippen LogP contribution in [-0.2, 0) is 9.30 Å². The number of aromatic nitrogens is 1. The van der Waals surface area contributed by atoms with Gasteiger partial charge in [-0.15, -0.1) is 11.3 Å². The Morgan fingerprint density at radius 1 is 0.968 bits per heavy atom. The Bertz CT molecular complexity index is 1160. The summed E-state index contributed by atoms with van der Waals surface area (Å²) in [4.78, 5) is 4.62. The predicted molar refractivity (Wildman–Crippen MR) is 122 cm³/mol. The van der Waals surface area contributed by atoms with Crippen LogP contribution in [0.15, 0.2) is 66.2 Å². The third-order valence-electron chi connectivity index (χ3n) is 5.67. The Hall–Kier alpha value is -2.56. The molecule has 0 bridgehead atoms. The minimum absolute atomic E-state index is 0.161. The summed E-state index contributed by atoms with van der Waals surface area (Å²) in [5.74, 6) is 2.28. The lowest BCUT2D eigenvalue weighted by atomic mass is 9.80. The second-order valence-corrected chi connectivity index (χ2v) is 10.5. The predicted octanol–water partition coefficient (Wildman–Crippen LogP) is 5.32. The number of hydrogen-bond acceptors (Lipinski definition) is 6. The highest BCUT2D eigenvalue weighted by molar-refractivity contribution is 7.54. The van der Waals surface area contributed by atoms with E-state index < -0.39 is 7.60 Å². The van der Waals surface area contributed by atoms with Crippen LogP contribution in [0.1, 0.15) is 32.1 Å². The Labute approximate surface area is 185 Å². The number of para-hydroxylation sites is 2. The molecule has 0 spiro atoms. The standard InChI is InChI=1S/C24H24NO4PS/c26-30(28-19-10-3-1-4-11-19,29-20-12-5-2-6-13-20)17-27-22-15-18-9-7-8-14-21(18)23-24(22)31-16-25-23/h1-6,10-13,16,18H,7-9,14-15,17H2. The van der Waals surface area contributed by atoms with Gasteiger partial charge in [0.25, 0.3) is 0 Å². The van der Waals surface area contributed by atoms with Gasteiger partial charge in [-0.1, -0.05) is 42.8 Å². The number of thiazole rings is 1. The van der Waals surface area contributed by atoms with Gasteiger partial charge in [0.15, 0.2) is 0 Å². The molecule has 1 aromatic heterocycles. The normalized spacial score (nSPS) is 18.1. The van der Waals surface area contributed by atoms with Crippen LogP contribution in [-0.4, -0.2) is 11.3 Å². The summed E-state index contributed by atoms with van der Waals surface area (Å²) in [5, 5.41) is 1.07. The van der Waals surface area contributed by atoms with E-state index in [2.05, 4.69) is 4.98 Å². The van der Waals surface area contributed by atoms with E-state index in [0.717, 1.165) is 34.9 Å². The average molecular weight is 454 g/mol. The van der Waals surface area contributed by atoms with Gasteiger partial charge >= 0.3 is 7.60 Å². The van der Waals surface area contributed by atoms with Gasteiger partial charge < -0.3 is 13.8 Å². The summed E-state index contributed by atoms with van der Waals surface area (Å²) in [6, 6.07) is 18.2. The van der Waals surface area contributed by atoms with Crippen molar-refractivity contribution in [3.63, 3.8) is 0 Å². The van der Waals surface area contributed by atoms with Gasteiger partial charge in [0.2, 0.25) is 6.35 Å². The second-order valence-electron chi connectivity index (χ2n) is 7.82. The van der Waals surface area contributed by atoms with Crippen molar-refractivity contribution in [3.05, 3.63) is 76.1 Å². The lowest BCUT2D eigenvalue weighted by Gasteiger charge is -2.29. The SMILES string of the molecule is O=P(COC1=c2scnc2=C2CCCCC2C1)(Oc1ccccc1)Oc1ccccc1. The highest BCUT2D eigenvalue weighted by Gasteiger charge is 2.32. The molecule has 0 amide bonds. The van der Waals surface area contributed by atoms with E-state index in [0.29, 0.717) is 17.4 Å². The van der Waals surface area contributed by atoms with Gasteiger partial charge in [0.05, 0.1) is 15.4 Å². The maximum absolute atomic E-state index is 13.7. The number of fused-ring (bicyclic) bond motifs is 2. The highest BCUT2D eigenvalue weighted by atomic mass is 32.1. The molecule has 2 aromatic carbocycles. The molecule has 2 aliphatic rings. The lowest BCUT2D eigenvalue weighted by Crippen LogP contribution is -2.35. The van der Waals surface area contributed by atoms with Gasteiger partial charge in [0, 0.05) is 6.42 Å². The maximum Gasteiger partial charge on any atom is 0.467 e. The van der Waals surface area contributed by atoms with Crippen LogP contribution in [0.2, 0.25) is 0 Å². The van der Waals surface area contributed by atoms with E-state index in [1.54, 1.807) is 35.6 Å². The average Bonchev–Trinajstić information content (AvgIpc) is 3.29. The fourth-order valence-corrected chi connectivity index (χ4v) is 6.42. The molecule has 1 unspecified atom stereocenters. The fourth-order valence-electron chi connectivity index (χ4n) is 4.25. The van der Waals surface area contributed by atoms with Gasteiger partial charge in [-0.05, 0) is 55.0 Å². The van der Waals surface area contributed by atoms with Crippen LogP contribution in [0.5, 0.6) is 11.5 Å². The van der Waals surface area contributed by atoms with Crippen molar-refractivity contribution in [1.82, 2.24) is 4.98 Å². The first-order valence-electron chi connectivity index (χ1n) is 10.6. The number of benzene rings is 2. The first-order chi connectivity index (χ1) is 15.2. The first kappa shape index (κ1) is 20.3. The molecule has 0 saturated heterocycles. The lowest BCUT2D eigenvalue weighted by molar-refractivity contribution is 0.266. The van der Waals surface area contributed by atoms with E-state index in [-0.39, 0.29) is 6.35 Å². The highest BCUT2D eigenvalue weighted by Crippen LogP contribution is 2.49. The summed E-state index contributed by atoms with van der Waals surface area (Å²) in [6.07, 6.45) is 5.38. The molecule has 0 radical (unpaired) electrons. The van der Waals surface area contributed by atoms with E-state index in [1.807, 2.05) is 41.9 Å². The number of nitrogens with zero attached hydrogens (tertiary/aromatic N) is 1. The minimum atomic E-state index is -3.63. The molecule has 31 heavy (non-hydrogen) atoms. The van der Waals surface area contributed by atoms with E-state index in [9.17, 15) is 4.57 Å². The van der Waals surface area contributed by atoms with Crippen LogP contribution < -0.4 is 18.9 Å². The zero-order valence-corrected chi connectivity index (χ0v) is 18.8. The van der Waals surface area contributed by atoms with Gasteiger partial charge in [0.1, 0.15) is 17.3 Å². The smallest absolute Gasteiger partial charge is 0.467 e. The van der Waals surface area contributed by atoms with Crippen LogP contribution in [0.25, 0.3) is 11.3 Å². The molecule has 1 heterocycles. The molecule has 0 N–H and O–H groups in total. The summed E-state index contributed by atoms with van der Waals surface area (Å²) in [7, 11) is -3.63. The van der Waals surface area contributed by atoms with Crippen molar-refractivity contribution >= 4 is 30.3 Å². The van der Waals surface area contributed by atoms with E-state index >= 15 is 0 Å². The quantitative estimate of drug-likeness (QED) is 0.453. The molecule has 0 aliphatic heterocycles. The molecule has 7 heteroatoms. The maximum atomic E-state index is 13.7. The summed E-state index contributed by atoms with van der Waals surface area (Å²) in [6.45, 7) is 0. The Balaban J connectivity index is 1.44. The zero-order valence-electron chi connectivity index (χ0n) is 17.1. The third kappa shape index (κ3) is 4.56. The van der Waals surface area contributed by atoms with E-state index in [4.69, 9.17) is 13.8 Å². The minimum Gasteiger partial charge on any atom is -0.481 e. The van der Waals surface area contributed by atoms with Gasteiger partial charge in [-0.3, -0.25) is 0 Å². The van der Waals surface area contributed by atoms with Gasteiger partial charge in [-0.25, -0.2) is 9.55 Å². The van der Waals surface area contributed by atoms with Crippen molar-refractivity contribution in [2.24, 2.45) is 5.92 Å². The first-order valence-corrected chi connectivity index (χ1v) is 13.2. The van der Waals surface area contributed by atoms with Crippen molar-refractivity contribution < 1.29 is 18.3 Å². The van der Waals surface area contributed by atoms with Crippen molar-refractivity contribution in [1.29, 1.82) is 0 Å². The van der Waals surface area contributed by atoms with Gasteiger partial charge in [-0.2, -0.15) is 0 Å². The molecule has 1 atom stereocenters. The van der Waals surface area contributed by atoms with Crippen LogP contribution >= 0.6 is 18.9 Å². The monoisotopic (exact) mass is 453 g/mol. The second kappa shape index (κ2) is 8.89. The summed E-state index contributed by atoms with van der Waals surface area (Å²) in [5.41, 5.74) is 3.33. The molecule has 5 nitrogen and oxygen atoms in total. The van der Waals surface area contributed by atoms with Crippen LogP contribution in [0.3, 0.4) is 0 Å². The molecule has 5 rings (SSSR count). The molecule has 1 fully saturated rings. The Morgan fingerprint density at radius 3 is 2.32 bits per heavy atom.